The van der Waals surface area contributed by atoms with Gasteiger partial charge in [0.1, 0.15) is 5.75 Å². The van der Waals surface area contributed by atoms with E-state index in [1.165, 1.54) is 35.6 Å². The third-order valence-corrected chi connectivity index (χ3v) is 8.30. The molecule has 1 aliphatic heterocycles. The van der Waals surface area contributed by atoms with Crippen molar-refractivity contribution in [1.29, 1.82) is 0 Å². The molecular formula is C24H27N3O4S2. The van der Waals surface area contributed by atoms with Crippen molar-refractivity contribution in [1.82, 2.24) is 9.29 Å². The molecular weight excluding hydrogens is 458 g/mol. The van der Waals surface area contributed by atoms with Crippen molar-refractivity contribution in [3.05, 3.63) is 59.5 Å². The van der Waals surface area contributed by atoms with Gasteiger partial charge in [-0.25, -0.2) is 13.4 Å². The minimum absolute atomic E-state index is 0.205. The Kier molecular flexibility index (Phi) is 6.83. The van der Waals surface area contributed by atoms with E-state index in [2.05, 4.69) is 24.1 Å². The van der Waals surface area contributed by atoms with Crippen molar-refractivity contribution in [2.75, 3.05) is 25.5 Å². The molecule has 1 aliphatic rings. The summed E-state index contributed by atoms with van der Waals surface area (Å²) in [6.45, 7) is 5.19. The summed E-state index contributed by atoms with van der Waals surface area (Å²) in [6.07, 6.45) is 1.03. The first-order chi connectivity index (χ1) is 15.8. The Hall–Kier alpha value is -2.75. The number of sulfonamides is 1. The number of methoxy groups -OCH3 is 1. The largest absolute Gasteiger partial charge is 0.497 e. The molecule has 2 aromatic carbocycles. The van der Waals surface area contributed by atoms with Crippen LogP contribution in [0.3, 0.4) is 0 Å². The molecule has 1 fully saturated rings. The standard InChI is InChI=1S/C24H27N3O4S2/c1-16-12-17(2)14-27(13-16)33(29,30)21-10-6-19(7-11-21)23(28)26-24-25-22(15-32-24)18-4-8-20(31-3)9-5-18/h4-11,15-17H,12-14H2,1-3H3,(H,25,26,28). The number of carbonyl (C=O) groups excluding carboxylic acids is 1. The van der Waals surface area contributed by atoms with Crippen molar-refractivity contribution in [3.63, 3.8) is 0 Å². The maximum atomic E-state index is 13.0. The minimum atomic E-state index is -3.58. The number of benzene rings is 2. The first kappa shape index (κ1) is 23.4. The zero-order valence-electron chi connectivity index (χ0n) is 18.8. The maximum Gasteiger partial charge on any atom is 0.257 e. The lowest BCUT2D eigenvalue weighted by Crippen LogP contribution is -2.42. The van der Waals surface area contributed by atoms with Crippen LogP contribution in [-0.2, 0) is 10.0 Å². The number of amides is 1. The molecule has 1 amide bonds. The fourth-order valence-corrected chi connectivity index (χ4v) is 6.52. The van der Waals surface area contributed by atoms with Gasteiger partial charge in [-0.3, -0.25) is 10.1 Å². The molecule has 2 heterocycles. The van der Waals surface area contributed by atoms with E-state index in [1.807, 2.05) is 29.6 Å². The number of aromatic nitrogens is 1. The number of thiazole rings is 1. The summed E-state index contributed by atoms with van der Waals surface area (Å²) in [7, 11) is -1.97. The molecule has 3 aromatic rings. The smallest absolute Gasteiger partial charge is 0.257 e. The van der Waals surface area contributed by atoms with Gasteiger partial charge in [-0.15, -0.1) is 11.3 Å². The van der Waals surface area contributed by atoms with Crippen molar-refractivity contribution in [3.8, 4) is 17.0 Å². The summed E-state index contributed by atoms with van der Waals surface area (Å²) in [5, 5.41) is 5.13. The molecule has 2 atom stereocenters. The van der Waals surface area contributed by atoms with E-state index in [1.54, 1.807) is 11.4 Å². The van der Waals surface area contributed by atoms with Crippen LogP contribution >= 0.6 is 11.3 Å². The van der Waals surface area contributed by atoms with Crippen molar-refractivity contribution < 1.29 is 17.9 Å². The zero-order chi connectivity index (χ0) is 23.6. The SMILES string of the molecule is COc1ccc(-c2csc(NC(=O)c3ccc(S(=O)(=O)N4CC(C)CC(C)C4)cc3)n2)cc1. The molecule has 2 unspecified atom stereocenters. The number of hydrogen-bond donors (Lipinski definition) is 1. The normalized spacial score (nSPS) is 19.2. The second-order valence-electron chi connectivity index (χ2n) is 8.51. The molecule has 1 saturated heterocycles. The van der Waals surface area contributed by atoms with E-state index in [4.69, 9.17) is 4.74 Å². The van der Waals surface area contributed by atoms with Gasteiger partial charge >= 0.3 is 0 Å². The summed E-state index contributed by atoms with van der Waals surface area (Å²) in [6, 6.07) is 13.6. The second-order valence-corrected chi connectivity index (χ2v) is 11.3. The molecule has 4 rings (SSSR count). The first-order valence-corrected chi connectivity index (χ1v) is 13.1. The van der Waals surface area contributed by atoms with Crippen LogP contribution in [-0.4, -0.2) is 43.8 Å². The van der Waals surface area contributed by atoms with Crippen LogP contribution in [0.1, 0.15) is 30.6 Å². The van der Waals surface area contributed by atoms with Gasteiger partial charge in [-0.2, -0.15) is 4.31 Å². The van der Waals surface area contributed by atoms with Gasteiger partial charge in [0.05, 0.1) is 17.7 Å². The summed E-state index contributed by atoms with van der Waals surface area (Å²) in [5.41, 5.74) is 2.04. The Labute approximate surface area is 198 Å². The van der Waals surface area contributed by atoms with Crippen LogP contribution in [0.2, 0.25) is 0 Å². The van der Waals surface area contributed by atoms with E-state index < -0.39 is 10.0 Å². The van der Waals surface area contributed by atoms with Crippen molar-refractivity contribution >= 4 is 32.4 Å². The molecule has 174 valence electrons. The first-order valence-electron chi connectivity index (χ1n) is 10.8. The lowest BCUT2D eigenvalue weighted by Gasteiger charge is -2.34. The summed E-state index contributed by atoms with van der Waals surface area (Å²) < 4.78 is 32.8. The number of ether oxygens (including phenoxy) is 1. The van der Waals surface area contributed by atoms with Crippen molar-refractivity contribution in [2.24, 2.45) is 11.8 Å². The van der Waals surface area contributed by atoms with Gasteiger partial charge in [0.15, 0.2) is 5.13 Å². The van der Waals surface area contributed by atoms with Gasteiger partial charge < -0.3 is 4.74 Å². The molecule has 9 heteroatoms. The topological polar surface area (TPSA) is 88.6 Å². The highest BCUT2D eigenvalue weighted by Crippen LogP contribution is 2.28. The van der Waals surface area contributed by atoms with Crippen molar-refractivity contribution in [2.45, 2.75) is 25.2 Å². The Balaban J connectivity index is 1.44. The van der Waals surface area contributed by atoms with Gasteiger partial charge in [0.2, 0.25) is 10.0 Å². The molecule has 0 spiro atoms. The monoisotopic (exact) mass is 485 g/mol. The number of carbonyl (C=O) groups is 1. The zero-order valence-corrected chi connectivity index (χ0v) is 20.4. The number of nitrogens with zero attached hydrogens (tertiary/aromatic N) is 2. The van der Waals surface area contributed by atoms with E-state index >= 15 is 0 Å². The number of piperidine rings is 1. The van der Waals surface area contributed by atoms with Crippen LogP contribution in [0, 0.1) is 11.8 Å². The second kappa shape index (κ2) is 9.62. The molecule has 7 nitrogen and oxygen atoms in total. The molecule has 1 aromatic heterocycles. The highest BCUT2D eigenvalue weighted by atomic mass is 32.2. The summed E-state index contributed by atoms with van der Waals surface area (Å²) in [5.74, 6) is 1.08. The fraction of sp³-hybridized carbons (Fsp3) is 0.333. The van der Waals surface area contributed by atoms with Crippen LogP contribution in [0.5, 0.6) is 5.75 Å². The Morgan fingerprint density at radius 3 is 2.30 bits per heavy atom. The van der Waals surface area contributed by atoms with Gasteiger partial charge in [0.25, 0.3) is 5.91 Å². The predicted octanol–water partition coefficient (Wildman–Crippen LogP) is 4.74. The summed E-state index contributed by atoms with van der Waals surface area (Å²) >= 11 is 1.33. The molecule has 0 saturated carbocycles. The van der Waals surface area contributed by atoms with Gasteiger partial charge in [-0.1, -0.05) is 13.8 Å². The highest BCUT2D eigenvalue weighted by molar-refractivity contribution is 7.89. The number of anilines is 1. The van der Waals surface area contributed by atoms with Crippen LogP contribution in [0.25, 0.3) is 11.3 Å². The molecule has 0 radical (unpaired) electrons. The molecule has 33 heavy (non-hydrogen) atoms. The lowest BCUT2D eigenvalue weighted by atomic mass is 9.94. The third-order valence-electron chi connectivity index (χ3n) is 5.70. The number of hydrogen-bond acceptors (Lipinski definition) is 6. The number of nitrogens with one attached hydrogen (secondary N) is 1. The average molecular weight is 486 g/mol. The Morgan fingerprint density at radius 1 is 1.06 bits per heavy atom. The van der Waals surface area contributed by atoms with Crippen LogP contribution in [0.15, 0.2) is 58.8 Å². The van der Waals surface area contributed by atoms with E-state index in [0.717, 1.165) is 23.4 Å². The van der Waals surface area contributed by atoms with E-state index in [0.29, 0.717) is 35.6 Å². The van der Waals surface area contributed by atoms with Crippen LogP contribution in [0.4, 0.5) is 5.13 Å². The number of rotatable bonds is 6. The fourth-order valence-electron chi connectivity index (χ4n) is 4.12. The van der Waals surface area contributed by atoms with Gasteiger partial charge in [-0.05, 0) is 66.8 Å². The maximum absolute atomic E-state index is 13.0. The predicted molar refractivity (Wildman–Crippen MR) is 130 cm³/mol. The average Bonchev–Trinajstić information content (AvgIpc) is 3.27. The van der Waals surface area contributed by atoms with E-state index in [9.17, 15) is 13.2 Å². The molecule has 1 N–H and O–H groups in total. The Bertz CT molecular complexity index is 1210. The van der Waals surface area contributed by atoms with Gasteiger partial charge in [0, 0.05) is 29.6 Å². The highest BCUT2D eigenvalue weighted by Gasteiger charge is 2.31. The summed E-state index contributed by atoms with van der Waals surface area (Å²) in [4.78, 5) is 17.4. The molecule has 0 bridgehead atoms. The minimum Gasteiger partial charge on any atom is -0.497 e. The quantitative estimate of drug-likeness (QED) is 0.545. The third kappa shape index (κ3) is 5.26. The van der Waals surface area contributed by atoms with E-state index in [-0.39, 0.29) is 10.8 Å². The Morgan fingerprint density at radius 2 is 1.70 bits per heavy atom. The lowest BCUT2D eigenvalue weighted by molar-refractivity contribution is 0.102. The van der Waals surface area contributed by atoms with Crippen LogP contribution < -0.4 is 10.1 Å². The molecule has 0 aliphatic carbocycles.